The van der Waals surface area contributed by atoms with E-state index in [0.29, 0.717) is 0 Å². The van der Waals surface area contributed by atoms with E-state index in [-0.39, 0.29) is 22.9 Å². The molecule has 1 amide bonds. The zero-order valence-electron chi connectivity index (χ0n) is 15.0. The number of aliphatic carboxylic acids is 1. The first-order valence-electron chi connectivity index (χ1n) is 8.38. The van der Waals surface area contributed by atoms with Crippen molar-refractivity contribution >= 4 is 21.9 Å². The van der Waals surface area contributed by atoms with Gasteiger partial charge >= 0.3 is 5.97 Å². The molecule has 0 aromatic heterocycles. The third kappa shape index (κ3) is 5.63. The minimum absolute atomic E-state index is 0.0671. The molecule has 0 aliphatic carbocycles. The molecular weight excluding hydrogens is 368 g/mol. The number of benzene rings is 2. The molecule has 0 heterocycles. The number of carbonyl (C=O) groups excluding carboxylic acids is 1. The smallest absolute Gasteiger partial charge is 0.326 e. The molecule has 0 aliphatic rings. The first kappa shape index (κ1) is 20.6. The summed E-state index contributed by atoms with van der Waals surface area (Å²) >= 11 is 0. The monoisotopic (exact) mass is 390 g/mol. The fourth-order valence-electron chi connectivity index (χ4n) is 2.40. The van der Waals surface area contributed by atoms with Crippen molar-refractivity contribution in [2.45, 2.75) is 31.3 Å². The highest BCUT2D eigenvalue weighted by molar-refractivity contribution is 7.89. The summed E-state index contributed by atoms with van der Waals surface area (Å²) in [6, 6.07) is 13.5. The Labute approximate surface area is 158 Å². The summed E-state index contributed by atoms with van der Waals surface area (Å²) in [5.74, 6) is -2.10. The predicted molar refractivity (Wildman–Crippen MR) is 101 cm³/mol. The molecule has 0 fully saturated rings. The van der Waals surface area contributed by atoms with Crippen LogP contribution >= 0.6 is 0 Å². The number of carboxylic acid groups (broad SMARTS) is 1. The van der Waals surface area contributed by atoms with E-state index in [1.807, 2.05) is 18.2 Å². The molecule has 8 heteroatoms. The van der Waals surface area contributed by atoms with Gasteiger partial charge in [0.2, 0.25) is 10.0 Å². The number of nitrogens with one attached hydrogen (secondary N) is 2. The van der Waals surface area contributed by atoms with E-state index in [0.717, 1.165) is 5.56 Å². The van der Waals surface area contributed by atoms with E-state index < -0.39 is 27.9 Å². The Morgan fingerprint density at radius 3 is 2.30 bits per heavy atom. The van der Waals surface area contributed by atoms with Gasteiger partial charge in [-0.15, -0.1) is 0 Å². The van der Waals surface area contributed by atoms with Crippen LogP contribution in [0.3, 0.4) is 0 Å². The Kier molecular flexibility index (Phi) is 6.70. The Bertz CT molecular complexity index is 911. The van der Waals surface area contributed by atoms with Gasteiger partial charge in [0.15, 0.2) is 0 Å². The maximum absolute atomic E-state index is 12.5. The van der Waals surface area contributed by atoms with Crippen LogP contribution in [-0.2, 0) is 21.4 Å². The van der Waals surface area contributed by atoms with Gasteiger partial charge in [0.05, 0.1) is 4.90 Å². The van der Waals surface area contributed by atoms with E-state index in [1.54, 1.807) is 26.0 Å². The quantitative estimate of drug-likeness (QED) is 0.638. The number of carbonyl (C=O) groups is 2. The Morgan fingerprint density at radius 1 is 1.04 bits per heavy atom. The number of hydrogen-bond acceptors (Lipinski definition) is 4. The minimum Gasteiger partial charge on any atom is -0.480 e. The molecule has 1 atom stereocenters. The topological polar surface area (TPSA) is 113 Å². The highest BCUT2D eigenvalue weighted by Crippen LogP contribution is 2.13. The molecule has 0 spiro atoms. The zero-order chi connectivity index (χ0) is 20.0. The van der Waals surface area contributed by atoms with Crippen LogP contribution in [0, 0.1) is 5.92 Å². The summed E-state index contributed by atoms with van der Waals surface area (Å²) < 4.78 is 27.4. The Hall–Kier alpha value is -2.71. The van der Waals surface area contributed by atoms with Crippen LogP contribution in [0.5, 0.6) is 0 Å². The molecule has 0 aliphatic heterocycles. The van der Waals surface area contributed by atoms with E-state index >= 15 is 0 Å². The largest absolute Gasteiger partial charge is 0.480 e. The molecule has 2 aromatic rings. The van der Waals surface area contributed by atoms with Gasteiger partial charge in [-0.2, -0.15) is 0 Å². The van der Waals surface area contributed by atoms with Crippen molar-refractivity contribution in [1.82, 2.24) is 10.0 Å². The summed E-state index contributed by atoms with van der Waals surface area (Å²) in [6.07, 6.45) is 0. The molecule has 2 aromatic carbocycles. The van der Waals surface area contributed by atoms with Crippen molar-refractivity contribution in [2.75, 3.05) is 0 Å². The van der Waals surface area contributed by atoms with Gasteiger partial charge in [0.25, 0.3) is 5.91 Å². The van der Waals surface area contributed by atoms with Gasteiger partial charge in [0.1, 0.15) is 6.04 Å². The molecule has 0 bridgehead atoms. The maximum atomic E-state index is 12.5. The average Bonchev–Trinajstić information content (AvgIpc) is 2.64. The van der Waals surface area contributed by atoms with Crippen LogP contribution in [-0.4, -0.2) is 31.4 Å². The SMILES string of the molecule is CC(C)[C@@H](NC(=O)c1cccc(S(=O)(=O)NCc2ccccc2)c1)C(=O)O. The van der Waals surface area contributed by atoms with E-state index in [4.69, 9.17) is 0 Å². The number of sulfonamides is 1. The van der Waals surface area contributed by atoms with Gasteiger partial charge in [-0.25, -0.2) is 17.9 Å². The van der Waals surface area contributed by atoms with Crippen molar-refractivity contribution in [2.24, 2.45) is 5.92 Å². The number of rotatable bonds is 8. The van der Waals surface area contributed by atoms with Crippen LogP contribution < -0.4 is 10.0 Å². The third-order valence-electron chi connectivity index (χ3n) is 3.93. The average molecular weight is 390 g/mol. The molecule has 0 saturated carbocycles. The van der Waals surface area contributed by atoms with Crippen LogP contribution in [0.15, 0.2) is 59.5 Å². The lowest BCUT2D eigenvalue weighted by Crippen LogP contribution is -2.44. The molecule has 0 saturated heterocycles. The summed E-state index contributed by atoms with van der Waals surface area (Å²) in [5, 5.41) is 11.6. The fraction of sp³-hybridized carbons (Fsp3) is 0.263. The lowest BCUT2D eigenvalue weighted by Gasteiger charge is -2.18. The number of amides is 1. The highest BCUT2D eigenvalue weighted by Gasteiger charge is 2.24. The molecule has 0 unspecified atom stereocenters. The molecule has 144 valence electrons. The second-order valence-electron chi connectivity index (χ2n) is 6.37. The van der Waals surface area contributed by atoms with Crippen LogP contribution in [0.4, 0.5) is 0 Å². The molecular formula is C19H22N2O5S. The third-order valence-corrected chi connectivity index (χ3v) is 5.33. The second kappa shape index (κ2) is 8.79. The molecule has 7 nitrogen and oxygen atoms in total. The van der Waals surface area contributed by atoms with E-state index in [1.165, 1.54) is 24.3 Å². The van der Waals surface area contributed by atoms with Crippen molar-refractivity contribution in [3.05, 3.63) is 65.7 Å². The lowest BCUT2D eigenvalue weighted by atomic mass is 10.0. The van der Waals surface area contributed by atoms with Crippen molar-refractivity contribution in [1.29, 1.82) is 0 Å². The molecule has 2 rings (SSSR count). The second-order valence-corrected chi connectivity index (χ2v) is 8.14. The summed E-state index contributed by atoms with van der Waals surface area (Å²) in [4.78, 5) is 23.5. The summed E-state index contributed by atoms with van der Waals surface area (Å²) in [6.45, 7) is 3.47. The van der Waals surface area contributed by atoms with E-state index in [2.05, 4.69) is 10.0 Å². The van der Waals surface area contributed by atoms with E-state index in [9.17, 15) is 23.1 Å². The Balaban J connectivity index is 2.15. The van der Waals surface area contributed by atoms with Crippen molar-refractivity contribution < 1.29 is 23.1 Å². The first-order valence-corrected chi connectivity index (χ1v) is 9.86. The summed E-state index contributed by atoms with van der Waals surface area (Å²) in [5.41, 5.74) is 0.876. The first-order chi connectivity index (χ1) is 12.7. The van der Waals surface area contributed by atoms with Gasteiger partial charge in [-0.1, -0.05) is 50.2 Å². The molecule has 3 N–H and O–H groups in total. The number of carboxylic acids is 1. The number of hydrogen-bond donors (Lipinski definition) is 3. The minimum atomic E-state index is -3.82. The van der Waals surface area contributed by atoms with Crippen molar-refractivity contribution in [3.63, 3.8) is 0 Å². The van der Waals surface area contributed by atoms with Gasteiger partial charge in [0, 0.05) is 12.1 Å². The fourth-order valence-corrected chi connectivity index (χ4v) is 3.46. The lowest BCUT2D eigenvalue weighted by molar-refractivity contribution is -0.140. The van der Waals surface area contributed by atoms with Crippen LogP contribution in [0.1, 0.15) is 29.8 Å². The van der Waals surface area contributed by atoms with Gasteiger partial charge in [-0.05, 0) is 29.7 Å². The maximum Gasteiger partial charge on any atom is 0.326 e. The normalized spacial score (nSPS) is 12.6. The summed E-state index contributed by atoms with van der Waals surface area (Å²) in [7, 11) is -3.82. The standard InChI is InChI=1S/C19H22N2O5S/c1-13(2)17(19(23)24)21-18(22)15-9-6-10-16(11-15)27(25,26)20-12-14-7-4-3-5-8-14/h3-11,13,17,20H,12H2,1-2H3,(H,21,22)(H,23,24)/t17-/m1/s1. The van der Waals surface area contributed by atoms with Crippen LogP contribution in [0.2, 0.25) is 0 Å². The van der Waals surface area contributed by atoms with Gasteiger partial charge in [-0.3, -0.25) is 4.79 Å². The van der Waals surface area contributed by atoms with Crippen molar-refractivity contribution in [3.8, 4) is 0 Å². The highest BCUT2D eigenvalue weighted by atomic mass is 32.2. The zero-order valence-corrected chi connectivity index (χ0v) is 15.9. The van der Waals surface area contributed by atoms with Gasteiger partial charge < -0.3 is 10.4 Å². The molecule has 0 radical (unpaired) electrons. The van der Waals surface area contributed by atoms with Crippen LogP contribution in [0.25, 0.3) is 0 Å². The Morgan fingerprint density at radius 2 is 1.70 bits per heavy atom. The predicted octanol–water partition coefficient (Wildman–Crippen LogP) is 2.00. The molecule has 27 heavy (non-hydrogen) atoms.